The Balaban J connectivity index is 1.27. The van der Waals surface area contributed by atoms with Gasteiger partial charge in [0, 0.05) is 75.9 Å². The Labute approximate surface area is 453 Å². The Morgan fingerprint density at radius 3 is 2.21 bits per heavy atom. The smallest absolute Gasteiger partial charge is 0.245 e. The number of aromatic amines is 1. The van der Waals surface area contributed by atoms with Crippen molar-refractivity contribution in [3.8, 4) is 0 Å². The Morgan fingerprint density at radius 1 is 0.756 bits per heavy atom. The summed E-state index contributed by atoms with van der Waals surface area (Å²) in [6.07, 6.45) is 2.56. The molecule has 2 aliphatic rings. The number of nitrogens with two attached hydrogens (primary N) is 2. The number of ether oxygens (including phenoxy) is 1. The maximum Gasteiger partial charge on any atom is 0.245 e. The van der Waals surface area contributed by atoms with Crippen LogP contribution in [0.15, 0.2) is 108 Å². The van der Waals surface area contributed by atoms with Crippen LogP contribution >= 0.6 is 0 Å². The monoisotopic (exact) mass is 1070 g/mol. The summed E-state index contributed by atoms with van der Waals surface area (Å²) in [5.74, 6) is -5.13. The van der Waals surface area contributed by atoms with Crippen molar-refractivity contribution in [2.24, 2.45) is 16.5 Å². The van der Waals surface area contributed by atoms with Crippen LogP contribution in [0.3, 0.4) is 0 Å². The van der Waals surface area contributed by atoms with Crippen molar-refractivity contribution >= 4 is 74.9 Å². The van der Waals surface area contributed by atoms with Gasteiger partial charge in [-0.2, -0.15) is 0 Å². The van der Waals surface area contributed by atoms with Crippen LogP contribution in [0.5, 0.6) is 0 Å². The molecule has 7 rings (SSSR count). The lowest BCUT2D eigenvalue weighted by atomic mass is 9.97. The van der Waals surface area contributed by atoms with Crippen LogP contribution in [0.2, 0.25) is 0 Å². The maximum atomic E-state index is 15.2. The summed E-state index contributed by atoms with van der Waals surface area (Å²) in [5.41, 5.74) is 14.4. The number of amides is 8. The number of hydrogen-bond acceptors (Lipinski definition) is 10. The Bertz CT molecular complexity index is 2940. The van der Waals surface area contributed by atoms with Crippen LogP contribution in [0.1, 0.15) is 81.9 Å². The van der Waals surface area contributed by atoms with Gasteiger partial charge in [-0.05, 0) is 59.2 Å². The van der Waals surface area contributed by atoms with E-state index in [1.807, 2.05) is 104 Å². The Hall–Kier alpha value is -8.33. The van der Waals surface area contributed by atoms with E-state index < -0.39 is 89.6 Å². The van der Waals surface area contributed by atoms with E-state index in [-0.39, 0.29) is 90.1 Å². The van der Waals surface area contributed by atoms with Gasteiger partial charge in [0.2, 0.25) is 47.3 Å². The first-order valence-corrected chi connectivity index (χ1v) is 26.7. The van der Waals surface area contributed by atoms with Crippen molar-refractivity contribution in [2.75, 3.05) is 26.2 Å². The highest BCUT2D eigenvalue weighted by Gasteiger charge is 2.44. The van der Waals surface area contributed by atoms with Gasteiger partial charge in [-0.15, -0.1) is 0 Å². The SMILES string of the molecule is CCCC[C@H](NC(C)=O)C(=O)N[C@H]1CCNC(=O)CCNC(=O)[C@H](Cc2c[nH]c3ccccc23)NC(=O)[C@H](CCCN=C(N)N)NC(=O)[C@@H](Cc2cccc3ccccc23)NC(=O)C2CC(OCc3ccccc3)CN2C1=O. The van der Waals surface area contributed by atoms with E-state index >= 15 is 14.4 Å². The molecule has 3 heterocycles. The number of guanidine groups is 1. The quantitative estimate of drug-likeness (QED) is 0.0365. The van der Waals surface area contributed by atoms with E-state index in [2.05, 4.69) is 47.2 Å². The van der Waals surface area contributed by atoms with Crippen molar-refractivity contribution < 1.29 is 43.1 Å². The van der Waals surface area contributed by atoms with Crippen molar-refractivity contribution in [1.29, 1.82) is 0 Å². The number of unbranched alkanes of at least 4 members (excludes halogenated alkanes) is 1. The molecule has 2 aliphatic heterocycles. The standard InChI is InChI=1S/C57H72N12O9/c1-3-4-21-44(64-35(2)70)52(73)66-46-24-27-60-50(71)25-28-61-51(72)47(30-39-32-63-43-22-11-10-20-42(39)43)67-53(74)45(23-13-26-62-57(58)59)65-54(75)48(29-38-18-12-17-37-16-8-9-19-41(37)38)68-55(76)49-31-40(33-69(49)56(46)77)78-34-36-14-6-5-7-15-36/h5-12,14-20,22,32,40,44-49,63H,3-4,13,21,23-31,33-34H2,1-2H3,(H,60,71)(H,61,72)(H,64,70)(H,65,75)(H,66,73)(H,67,74)(H,68,76)(H4,58,59,62)/t40?,44-,45-,46-,47-,48+,49?/m0/s1. The number of aromatic nitrogens is 1. The Kier molecular flexibility index (Phi) is 20.7. The number of benzene rings is 4. The van der Waals surface area contributed by atoms with Crippen LogP contribution in [-0.2, 0) is 62.5 Å². The molecule has 7 atom stereocenters. The van der Waals surface area contributed by atoms with Gasteiger partial charge in [0.05, 0.1) is 12.7 Å². The zero-order valence-corrected chi connectivity index (χ0v) is 44.2. The topological polar surface area (TPSA) is 313 Å². The summed E-state index contributed by atoms with van der Waals surface area (Å²) in [5, 5.41) is 22.3. The van der Waals surface area contributed by atoms with Crippen molar-refractivity contribution in [3.63, 3.8) is 0 Å². The summed E-state index contributed by atoms with van der Waals surface area (Å²) in [6.45, 7) is 3.17. The van der Waals surface area contributed by atoms with Crippen LogP contribution in [0.25, 0.3) is 21.7 Å². The van der Waals surface area contributed by atoms with Crippen molar-refractivity contribution in [3.05, 3.63) is 120 Å². The van der Waals surface area contributed by atoms with Crippen LogP contribution in [0.4, 0.5) is 0 Å². The van der Waals surface area contributed by atoms with Gasteiger partial charge in [-0.1, -0.05) is 111 Å². The molecule has 0 aliphatic carbocycles. The maximum absolute atomic E-state index is 15.2. The minimum atomic E-state index is -1.35. The third-order valence-electron chi connectivity index (χ3n) is 14.0. The lowest BCUT2D eigenvalue weighted by molar-refractivity contribution is -0.143. The molecule has 8 amide bonds. The fourth-order valence-electron chi connectivity index (χ4n) is 9.93. The number of aliphatic imine (C=N–C) groups is 1. The van der Waals surface area contributed by atoms with Crippen molar-refractivity contribution in [2.45, 2.75) is 127 Å². The number of nitrogens with zero attached hydrogens (tertiary/aromatic N) is 2. The molecule has 4 aromatic carbocycles. The minimum absolute atomic E-state index is 0.00407. The summed E-state index contributed by atoms with van der Waals surface area (Å²) in [7, 11) is 0. The first-order chi connectivity index (χ1) is 37.7. The highest BCUT2D eigenvalue weighted by atomic mass is 16.5. The number of hydrogen-bond donors (Lipinski definition) is 10. The fourth-order valence-corrected chi connectivity index (χ4v) is 9.93. The zero-order valence-electron chi connectivity index (χ0n) is 44.2. The number of fused-ring (bicyclic) bond motifs is 3. The van der Waals surface area contributed by atoms with E-state index in [1.54, 1.807) is 6.20 Å². The molecule has 0 spiro atoms. The molecule has 0 bridgehead atoms. The second-order valence-electron chi connectivity index (χ2n) is 19.8. The van der Waals surface area contributed by atoms with Crippen LogP contribution < -0.4 is 48.7 Å². The second kappa shape index (κ2) is 28.2. The van der Waals surface area contributed by atoms with Gasteiger partial charge in [-0.3, -0.25) is 43.3 Å². The highest BCUT2D eigenvalue weighted by Crippen LogP contribution is 2.26. The van der Waals surface area contributed by atoms with Gasteiger partial charge in [0.1, 0.15) is 36.3 Å². The molecule has 21 heteroatoms. The largest absolute Gasteiger partial charge is 0.372 e. The average Bonchev–Trinajstić information content (AvgIpc) is 4.06. The first kappa shape index (κ1) is 57.4. The normalized spacial score (nSPS) is 21.4. The molecule has 2 saturated heterocycles. The predicted octanol–water partition coefficient (Wildman–Crippen LogP) is 2.01. The van der Waals surface area contributed by atoms with Gasteiger partial charge < -0.3 is 63.3 Å². The summed E-state index contributed by atoms with van der Waals surface area (Å²) in [4.78, 5) is 123. The van der Waals surface area contributed by atoms with Crippen molar-refractivity contribution in [1.82, 2.24) is 47.1 Å². The molecular weight excluding hydrogens is 997 g/mol. The lowest BCUT2D eigenvalue weighted by Crippen LogP contribution is -2.60. The number of para-hydroxylation sites is 1. The van der Waals surface area contributed by atoms with Gasteiger partial charge in [-0.25, -0.2) is 0 Å². The number of carbonyl (C=O) groups excluding carboxylic acids is 8. The number of rotatable bonds is 17. The molecule has 5 aromatic rings. The highest BCUT2D eigenvalue weighted by molar-refractivity contribution is 5.98. The van der Waals surface area contributed by atoms with Crippen LogP contribution in [-0.4, -0.2) is 132 Å². The molecule has 12 N–H and O–H groups in total. The fraction of sp³-hybridized carbons (Fsp3) is 0.421. The first-order valence-electron chi connectivity index (χ1n) is 26.7. The molecule has 0 saturated carbocycles. The summed E-state index contributed by atoms with van der Waals surface area (Å²) >= 11 is 0. The van der Waals surface area contributed by atoms with E-state index in [0.29, 0.717) is 12.0 Å². The molecular formula is C57H72N12O9. The Morgan fingerprint density at radius 2 is 1.44 bits per heavy atom. The molecule has 0 radical (unpaired) electrons. The third-order valence-corrected chi connectivity index (χ3v) is 14.0. The van der Waals surface area contributed by atoms with Crippen LogP contribution in [0, 0.1) is 0 Å². The zero-order chi connectivity index (χ0) is 55.6. The number of carbonyl (C=O) groups is 8. The third kappa shape index (κ3) is 16.1. The molecule has 2 unspecified atom stereocenters. The van der Waals surface area contributed by atoms with E-state index in [1.165, 1.54) is 11.8 Å². The number of nitrogens with one attached hydrogen (secondary N) is 8. The molecule has 21 nitrogen and oxygen atoms in total. The van der Waals surface area contributed by atoms with Gasteiger partial charge in [0.25, 0.3) is 0 Å². The van der Waals surface area contributed by atoms with Gasteiger partial charge in [0.15, 0.2) is 5.96 Å². The van der Waals surface area contributed by atoms with Gasteiger partial charge >= 0.3 is 0 Å². The molecule has 78 heavy (non-hydrogen) atoms. The van der Waals surface area contributed by atoms with E-state index in [0.717, 1.165) is 39.2 Å². The predicted molar refractivity (Wildman–Crippen MR) is 295 cm³/mol. The molecule has 414 valence electrons. The second-order valence-corrected chi connectivity index (χ2v) is 19.8. The summed E-state index contributed by atoms with van der Waals surface area (Å²) in [6, 6.07) is 22.7. The minimum Gasteiger partial charge on any atom is -0.372 e. The van der Waals surface area contributed by atoms with E-state index in [9.17, 15) is 24.0 Å². The molecule has 2 fully saturated rings. The van der Waals surface area contributed by atoms with E-state index in [4.69, 9.17) is 16.2 Å². The average molecular weight is 1070 g/mol. The summed E-state index contributed by atoms with van der Waals surface area (Å²) < 4.78 is 6.37. The number of H-pyrrole nitrogens is 1. The lowest BCUT2D eigenvalue weighted by Gasteiger charge is -2.31. The molecule has 1 aromatic heterocycles.